The number of halogens is 1. The SMILES string of the molecule is CC1CCN(C/C=C/c2ccncc2C#Cc2ccc(-c3ccc(Cl)cc3)cn2)CC1. The van der Waals surface area contributed by atoms with Crippen LogP contribution in [0.25, 0.3) is 17.2 Å². The number of piperidine rings is 1. The summed E-state index contributed by atoms with van der Waals surface area (Å²) in [5, 5.41) is 0.728. The van der Waals surface area contributed by atoms with E-state index < -0.39 is 0 Å². The summed E-state index contributed by atoms with van der Waals surface area (Å²) in [5.41, 5.74) is 4.86. The average Bonchev–Trinajstić information content (AvgIpc) is 2.81. The van der Waals surface area contributed by atoms with Gasteiger partial charge in [0.2, 0.25) is 0 Å². The Labute approximate surface area is 189 Å². The number of nitrogens with zero attached hydrogens (tertiary/aromatic N) is 3. The van der Waals surface area contributed by atoms with Crippen molar-refractivity contribution < 1.29 is 0 Å². The Kier molecular flexibility index (Phi) is 7.14. The maximum Gasteiger partial charge on any atom is 0.113 e. The van der Waals surface area contributed by atoms with Gasteiger partial charge in [0.05, 0.1) is 5.56 Å². The lowest BCUT2D eigenvalue weighted by molar-refractivity contribution is 0.210. The van der Waals surface area contributed by atoms with Crippen molar-refractivity contribution in [3.8, 4) is 23.0 Å². The Bertz CT molecular complexity index is 1080. The third-order valence-corrected chi connectivity index (χ3v) is 5.91. The molecule has 1 aliphatic heterocycles. The second-order valence-electron chi connectivity index (χ2n) is 8.04. The zero-order chi connectivity index (χ0) is 21.5. The molecule has 3 aromatic rings. The summed E-state index contributed by atoms with van der Waals surface area (Å²) in [7, 11) is 0. The number of aromatic nitrogens is 2. The molecule has 0 unspecified atom stereocenters. The minimum Gasteiger partial charge on any atom is -0.300 e. The van der Waals surface area contributed by atoms with Crippen LogP contribution in [0.1, 0.15) is 36.6 Å². The van der Waals surface area contributed by atoms with Crippen molar-refractivity contribution in [2.75, 3.05) is 19.6 Å². The van der Waals surface area contributed by atoms with E-state index >= 15 is 0 Å². The molecule has 2 aromatic heterocycles. The van der Waals surface area contributed by atoms with Gasteiger partial charge in [-0.15, -0.1) is 0 Å². The predicted molar refractivity (Wildman–Crippen MR) is 129 cm³/mol. The molecular weight excluding hydrogens is 402 g/mol. The van der Waals surface area contributed by atoms with Crippen molar-refractivity contribution in [2.24, 2.45) is 5.92 Å². The van der Waals surface area contributed by atoms with Gasteiger partial charge in [-0.25, -0.2) is 4.98 Å². The van der Waals surface area contributed by atoms with Gasteiger partial charge in [-0.1, -0.05) is 54.8 Å². The Morgan fingerprint density at radius 2 is 1.77 bits per heavy atom. The van der Waals surface area contributed by atoms with Crippen LogP contribution in [-0.2, 0) is 0 Å². The van der Waals surface area contributed by atoms with Gasteiger partial charge in [0.25, 0.3) is 0 Å². The van der Waals surface area contributed by atoms with Gasteiger partial charge in [-0.3, -0.25) is 9.88 Å². The van der Waals surface area contributed by atoms with Crippen LogP contribution >= 0.6 is 11.6 Å². The number of pyridine rings is 2. The Morgan fingerprint density at radius 3 is 2.52 bits per heavy atom. The van der Waals surface area contributed by atoms with Crippen LogP contribution in [-0.4, -0.2) is 34.5 Å². The van der Waals surface area contributed by atoms with E-state index in [4.69, 9.17) is 11.6 Å². The van der Waals surface area contributed by atoms with Gasteiger partial charge in [-0.2, -0.15) is 0 Å². The van der Waals surface area contributed by atoms with Gasteiger partial charge in [0.15, 0.2) is 0 Å². The van der Waals surface area contributed by atoms with Crippen LogP contribution in [0.15, 0.2) is 67.1 Å². The molecule has 3 heterocycles. The highest BCUT2D eigenvalue weighted by Crippen LogP contribution is 2.21. The van der Waals surface area contributed by atoms with E-state index in [1.54, 1.807) is 0 Å². The number of hydrogen-bond donors (Lipinski definition) is 0. The van der Waals surface area contributed by atoms with Gasteiger partial charge >= 0.3 is 0 Å². The van der Waals surface area contributed by atoms with Crippen molar-refractivity contribution in [3.63, 3.8) is 0 Å². The molecule has 1 saturated heterocycles. The molecule has 0 amide bonds. The standard InChI is InChI=1S/C27H26ClN3/c1-21-13-17-31(18-14-21)16-2-3-22-12-15-29-19-24(22)6-10-27-11-7-25(20-30-27)23-4-8-26(28)9-5-23/h2-5,7-9,11-12,15,19-21H,13-14,16-18H2,1H3/b3-2+. The quantitative estimate of drug-likeness (QED) is 0.482. The Morgan fingerprint density at radius 1 is 1.00 bits per heavy atom. The van der Waals surface area contributed by atoms with E-state index in [-0.39, 0.29) is 0 Å². The Balaban J connectivity index is 1.43. The smallest absolute Gasteiger partial charge is 0.113 e. The van der Waals surface area contributed by atoms with E-state index in [9.17, 15) is 0 Å². The molecule has 4 heteroatoms. The topological polar surface area (TPSA) is 29.0 Å². The summed E-state index contributed by atoms with van der Waals surface area (Å²) in [6, 6.07) is 13.7. The van der Waals surface area contributed by atoms with Crippen LogP contribution in [0.2, 0.25) is 5.02 Å². The molecule has 156 valence electrons. The van der Waals surface area contributed by atoms with Gasteiger partial charge in [-0.05, 0) is 73.2 Å². The lowest BCUT2D eigenvalue weighted by atomic mass is 9.99. The minimum absolute atomic E-state index is 0.728. The van der Waals surface area contributed by atoms with Crippen molar-refractivity contribution >= 4 is 17.7 Å². The molecule has 0 spiro atoms. The summed E-state index contributed by atoms with van der Waals surface area (Å²) in [4.78, 5) is 11.3. The third-order valence-electron chi connectivity index (χ3n) is 5.66. The van der Waals surface area contributed by atoms with Crippen LogP contribution < -0.4 is 0 Å². The molecule has 0 bridgehead atoms. The number of rotatable bonds is 4. The normalized spacial score (nSPS) is 15.0. The molecule has 0 aliphatic carbocycles. The number of benzene rings is 1. The van der Waals surface area contributed by atoms with E-state index in [1.807, 2.05) is 61.1 Å². The highest BCUT2D eigenvalue weighted by atomic mass is 35.5. The van der Waals surface area contributed by atoms with Crippen molar-refractivity contribution in [2.45, 2.75) is 19.8 Å². The lowest BCUT2D eigenvalue weighted by Gasteiger charge is -2.29. The summed E-state index contributed by atoms with van der Waals surface area (Å²) < 4.78 is 0. The molecular formula is C27H26ClN3. The molecule has 0 radical (unpaired) electrons. The second-order valence-corrected chi connectivity index (χ2v) is 8.47. The van der Waals surface area contributed by atoms with E-state index in [2.05, 4.69) is 45.8 Å². The fourth-order valence-electron chi connectivity index (χ4n) is 3.64. The molecule has 31 heavy (non-hydrogen) atoms. The first-order valence-corrected chi connectivity index (χ1v) is 11.1. The number of hydrogen-bond acceptors (Lipinski definition) is 3. The predicted octanol–water partition coefficient (Wildman–Crippen LogP) is 5.94. The van der Waals surface area contributed by atoms with Crippen LogP contribution in [0.3, 0.4) is 0 Å². The summed E-state index contributed by atoms with van der Waals surface area (Å²) in [5.74, 6) is 7.26. The first kappa shape index (κ1) is 21.3. The van der Waals surface area contributed by atoms with E-state index in [0.29, 0.717) is 0 Å². The Hall–Kier alpha value is -2.93. The fraction of sp³-hybridized carbons (Fsp3) is 0.259. The second kappa shape index (κ2) is 10.4. The molecule has 3 nitrogen and oxygen atoms in total. The average molecular weight is 428 g/mol. The minimum atomic E-state index is 0.728. The third kappa shape index (κ3) is 6.04. The lowest BCUT2D eigenvalue weighted by Crippen LogP contribution is -2.32. The van der Waals surface area contributed by atoms with Crippen molar-refractivity contribution in [1.82, 2.24) is 14.9 Å². The van der Waals surface area contributed by atoms with Gasteiger partial charge in [0, 0.05) is 35.7 Å². The fourth-order valence-corrected chi connectivity index (χ4v) is 3.77. The van der Waals surface area contributed by atoms with Gasteiger partial charge < -0.3 is 0 Å². The highest BCUT2D eigenvalue weighted by Gasteiger charge is 2.13. The monoisotopic (exact) mass is 427 g/mol. The van der Waals surface area contributed by atoms with Crippen LogP contribution in [0.4, 0.5) is 0 Å². The summed E-state index contributed by atoms with van der Waals surface area (Å²) >= 11 is 5.97. The van der Waals surface area contributed by atoms with Crippen molar-refractivity contribution in [1.29, 1.82) is 0 Å². The van der Waals surface area contributed by atoms with E-state index in [1.165, 1.54) is 25.9 Å². The zero-order valence-corrected chi connectivity index (χ0v) is 18.5. The molecule has 1 aliphatic rings. The molecule has 0 atom stereocenters. The summed E-state index contributed by atoms with van der Waals surface area (Å²) in [6.07, 6.45) is 12.4. The summed E-state index contributed by atoms with van der Waals surface area (Å²) in [6.45, 7) is 5.70. The zero-order valence-electron chi connectivity index (χ0n) is 17.8. The van der Waals surface area contributed by atoms with Crippen molar-refractivity contribution in [3.05, 3.63) is 89.0 Å². The first-order valence-electron chi connectivity index (χ1n) is 10.7. The molecule has 0 N–H and O–H groups in total. The van der Waals surface area contributed by atoms with Gasteiger partial charge in [0.1, 0.15) is 5.69 Å². The maximum absolute atomic E-state index is 5.97. The van der Waals surface area contributed by atoms with Crippen LogP contribution in [0, 0.1) is 17.8 Å². The molecule has 0 saturated carbocycles. The number of likely N-dealkylation sites (tertiary alicyclic amines) is 1. The largest absolute Gasteiger partial charge is 0.300 e. The van der Waals surface area contributed by atoms with E-state index in [0.717, 1.165) is 45.4 Å². The maximum atomic E-state index is 5.97. The van der Waals surface area contributed by atoms with Crippen LogP contribution in [0.5, 0.6) is 0 Å². The molecule has 4 rings (SSSR count). The molecule has 1 fully saturated rings. The first-order chi connectivity index (χ1) is 15.2. The highest BCUT2D eigenvalue weighted by molar-refractivity contribution is 6.30. The molecule has 1 aromatic carbocycles.